The molecule has 1 N–H and O–H groups in total. The molecule has 0 amide bonds. The van der Waals surface area contributed by atoms with Gasteiger partial charge in [0, 0.05) is 38.1 Å². The van der Waals surface area contributed by atoms with Gasteiger partial charge in [-0.05, 0) is 32.0 Å². The normalized spacial score (nSPS) is 15.7. The molecule has 4 heteroatoms. The molecule has 0 bridgehead atoms. The second-order valence-electron chi connectivity index (χ2n) is 5.09. The molecule has 2 aromatic rings. The lowest BCUT2D eigenvalue weighted by Crippen LogP contribution is -2.30. The average Bonchev–Trinajstić information content (AvgIpc) is 3.14. The van der Waals surface area contributed by atoms with E-state index in [1.807, 2.05) is 24.4 Å². The van der Waals surface area contributed by atoms with Gasteiger partial charge in [0.15, 0.2) is 0 Å². The molecule has 0 aromatic carbocycles. The third-order valence-electron chi connectivity index (χ3n) is 3.53. The molecule has 2 heterocycles. The molecule has 1 saturated carbocycles. The first-order chi connectivity index (χ1) is 8.83. The molecule has 4 nitrogen and oxygen atoms in total. The molecule has 96 valence electrons. The van der Waals surface area contributed by atoms with Crippen molar-refractivity contribution in [1.29, 1.82) is 0 Å². The molecule has 2 aromatic heterocycles. The monoisotopic (exact) mass is 244 g/mol. The molecule has 1 aliphatic rings. The average molecular weight is 244 g/mol. The van der Waals surface area contributed by atoms with E-state index in [1.165, 1.54) is 12.8 Å². The van der Waals surface area contributed by atoms with Gasteiger partial charge in [-0.2, -0.15) is 0 Å². The van der Waals surface area contributed by atoms with Gasteiger partial charge in [0.05, 0.1) is 5.69 Å². The van der Waals surface area contributed by atoms with Crippen LogP contribution in [0.1, 0.15) is 18.5 Å². The Balaban J connectivity index is 1.47. The quantitative estimate of drug-likeness (QED) is 0.782. The van der Waals surface area contributed by atoms with Gasteiger partial charge in [-0.3, -0.25) is 0 Å². The lowest BCUT2D eigenvalue weighted by Gasteiger charge is -2.15. The number of likely N-dealkylation sites (N-methyl/N-ethyl adjacent to an activating group) is 1. The van der Waals surface area contributed by atoms with Crippen LogP contribution >= 0.6 is 0 Å². The van der Waals surface area contributed by atoms with Crippen LogP contribution in [0.15, 0.2) is 30.6 Å². The highest BCUT2D eigenvalue weighted by Crippen LogP contribution is 2.24. The Hall–Kier alpha value is -1.39. The first-order valence-corrected chi connectivity index (χ1v) is 6.66. The van der Waals surface area contributed by atoms with E-state index in [0.29, 0.717) is 0 Å². The summed E-state index contributed by atoms with van der Waals surface area (Å²) >= 11 is 0. The predicted octanol–water partition coefficient (Wildman–Crippen LogP) is 1.52. The van der Waals surface area contributed by atoms with Crippen molar-refractivity contribution in [3.8, 4) is 0 Å². The zero-order valence-corrected chi connectivity index (χ0v) is 10.8. The Morgan fingerprint density at radius 3 is 3.11 bits per heavy atom. The summed E-state index contributed by atoms with van der Waals surface area (Å²) < 4.78 is 2.06. The minimum Gasteiger partial charge on any atom is -0.310 e. The Labute approximate surface area is 108 Å². The van der Waals surface area contributed by atoms with Crippen LogP contribution in [0.2, 0.25) is 0 Å². The van der Waals surface area contributed by atoms with Crippen LogP contribution < -0.4 is 5.32 Å². The van der Waals surface area contributed by atoms with E-state index in [2.05, 4.69) is 32.8 Å². The maximum atomic E-state index is 4.56. The summed E-state index contributed by atoms with van der Waals surface area (Å²) in [5.74, 6) is 0. The molecular formula is C14H20N4. The standard InChI is InChI=1S/C14H20N4/c1-17(13-5-6-13)9-7-15-10-12-11-18-8-3-2-4-14(18)16-12/h2-4,8,11,13,15H,5-7,9-10H2,1H3. The van der Waals surface area contributed by atoms with Crippen LogP contribution in [0, 0.1) is 0 Å². The van der Waals surface area contributed by atoms with Gasteiger partial charge >= 0.3 is 0 Å². The summed E-state index contributed by atoms with van der Waals surface area (Å²) in [6.45, 7) is 3.00. The van der Waals surface area contributed by atoms with Crippen molar-refractivity contribution in [2.75, 3.05) is 20.1 Å². The number of rotatable bonds is 6. The van der Waals surface area contributed by atoms with Crippen LogP contribution in [-0.4, -0.2) is 40.5 Å². The summed E-state index contributed by atoms with van der Waals surface area (Å²) in [6.07, 6.45) is 6.88. The van der Waals surface area contributed by atoms with E-state index in [0.717, 1.165) is 37.0 Å². The fraction of sp³-hybridized carbons (Fsp3) is 0.500. The van der Waals surface area contributed by atoms with Gasteiger partial charge in [-0.1, -0.05) is 6.07 Å². The minimum absolute atomic E-state index is 0.847. The molecular weight excluding hydrogens is 224 g/mol. The van der Waals surface area contributed by atoms with Crippen LogP contribution in [0.4, 0.5) is 0 Å². The Kier molecular flexibility index (Phi) is 3.30. The van der Waals surface area contributed by atoms with E-state index in [4.69, 9.17) is 0 Å². The van der Waals surface area contributed by atoms with E-state index >= 15 is 0 Å². The molecule has 0 spiro atoms. The lowest BCUT2D eigenvalue weighted by atomic mass is 10.4. The van der Waals surface area contributed by atoms with Crippen LogP contribution in [-0.2, 0) is 6.54 Å². The smallest absolute Gasteiger partial charge is 0.137 e. The molecule has 1 fully saturated rings. The highest BCUT2D eigenvalue weighted by atomic mass is 15.2. The minimum atomic E-state index is 0.847. The van der Waals surface area contributed by atoms with Gasteiger partial charge in [0.25, 0.3) is 0 Å². The fourth-order valence-corrected chi connectivity index (χ4v) is 2.24. The first-order valence-electron chi connectivity index (χ1n) is 6.66. The topological polar surface area (TPSA) is 32.6 Å². The third-order valence-corrected chi connectivity index (χ3v) is 3.53. The third kappa shape index (κ3) is 2.71. The Morgan fingerprint density at radius 1 is 1.44 bits per heavy atom. The van der Waals surface area contributed by atoms with Gasteiger partial charge < -0.3 is 14.6 Å². The zero-order chi connectivity index (χ0) is 12.4. The molecule has 0 saturated heterocycles. The summed E-state index contributed by atoms with van der Waals surface area (Å²) in [6, 6.07) is 6.92. The molecule has 0 aliphatic heterocycles. The van der Waals surface area contributed by atoms with Crippen molar-refractivity contribution >= 4 is 5.65 Å². The highest BCUT2D eigenvalue weighted by molar-refractivity contribution is 5.39. The lowest BCUT2D eigenvalue weighted by molar-refractivity contribution is 0.321. The summed E-state index contributed by atoms with van der Waals surface area (Å²) in [5, 5.41) is 3.46. The maximum absolute atomic E-state index is 4.56. The predicted molar refractivity (Wildman–Crippen MR) is 72.6 cm³/mol. The number of hydrogen-bond donors (Lipinski definition) is 1. The molecule has 1 aliphatic carbocycles. The van der Waals surface area contributed by atoms with Gasteiger partial charge in [-0.15, -0.1) is 0 Å². The van der Waals surface area contributed by atoms with Crippen LogP contribution in [0.25, 0.3) is 5.65 Å². The summed E-state index contributed by atoms with van der Waals surface area (Å²) in [4.78, 5) is 7.00. The number of nitrogens with zero attached hydrogens (tertiary/aromatic N) is 3. The van der Waals surface area contributed by atoms with E-state index < -0.39 is 0 Å². The summed E-state index contributed by atoms with van der Waals surface area (Å²) in [7, 11) is 2.21. The number of imidazole rings is 1. The molecule has 18 heavy (non-hydrogen) atoms. The second-order valence-corrected chi connectivity index (χ2v) is 5.09. The molecule has 0 radical (unpaired) electrons. The van der Waals surface area contributed by atoms with Crippen LogP contribution in [0.3, 0.4) is 0 Å². The van der Waals surface area contributed by atoms with Crippen molar-refractivity contribution in [2.24, 2.45) is 0 Å². The Morgan fingerprint density at radius 2 is 2.33 bits per heavy atom. The van der Waals surface area contributed by atoms with Crippen molar-refractivity contribution in [3.05, 3.63) is 36.3 Å². The number of pyridine rings is 1. The SMILES string of the molecule is CN(CCNCc1cn2ccccc2n1)C1CC1. The number of fused-ring (bicyclic) bond motifs is 1. The molecule has 0 unspecified atom stereocenters. The largest absolute Gasteiger partial charge is 0.310 e. The summed E-state index contributed by atoms with van der Waals surface area (Å²) in [5.41, 5.74) is 2.12. The van der Waals surface area contributed by atoms with E-state index in [9.17, 15) is 0 Å². The Bertz CT molecular complexity index is 482. The fourth-order valence-electron chi connectivity index (χ4n) is 2.24. The van der Waals surface area contributed by atoms with Gasteiger partial charge in [0.2, 0.25) is 0 Å². The van der Waals surface area contributed by atoms with Gasteiger partial charge in [0.1, 0.15) is 5.65 Å². The van der Waals surface area contributed by atoms with E-state index in [-0.39, 0.29) is 0 Å². The van der Waals surface area contributed by atoms with Gasteiger partial charge in [-0.25, -0.2) is 4.98 Å². The highest BCUT2D eigenvalue weighted by Gasteiger charge is 2.25. The van der Waals surface area contributed by atoms with Crippen LogP contribution in [0.5, 0.6) is 0 Å². The number of hydrogen-bond acceptors (Lipinski definition) is 3. The molecule has 0 atom stereocenters. The first kappa shape index (κ1) is 11.7. The maximum Gasteiger partial charge on any atom is 0.137 e. The van der Waals surface area contributed by atoms with Crippen molar-refractivity contribution < 1.29 is 0 Å². The number of aromatic nitrogens is 2. The van der Waals surface area contributed by atoms with Crippen molar-refractivity contribution in [2.45, 2.75) is 25.4 Å². The molecule has 3 rings (SSSR count). The van der Waals surface area contributed by atoms with Crippen molar-refractivity contribution in [1.82, 2.24) is 19.6 Å². The number of nitrogens with one attached hydrogen (secondary N) is 1. The zero-order valence-electron chi connectivity index (χ0n) is 10.8. The van der Waals surface area contributed by atoms with Crippen molar-refractivity contribution in [3.63, 3.8) is 0 Å². The van der Waals surface area contributed by atoms with E-state index in [1.54, 1.807) is 0 Å². The second kappa shape index (κ2) is 5.08.